The summed E-state index contributed by atoms with van der Waals surface area (Å²) < 4.78 is 37.4. The number of carbonyl (C=O) groups is 2. The fourth-order valence-electron chi connectivity index (χ4n) is 2.42. The first-order chi connectivity index (χ1) is 10.8. The molecule has 1 aliphatic rings. The van der Waals surface area contributed by atoms with Crippen LogP contribution in [-0.2, 0) is 11.0 Å². The van der Waals surface area contributed by atoms with E-state index in [1.165, 1.54) is 0 Å². The number of benzene rings is 1. The fourth-order valence-corrected chi connectivity index (χ4v) is 2.42. The minimum absolute atomic E-state index is 0. The first-order valence-electron chi connectivity index (χ1n) is 7.26. The predicted molar refractivity (Wildman–Crippen MR) is 84.8 cm³/mol. The molecule has 0 radical (unpaired) electrons. The molecular formula is C15H19ClF3N3O2. The quantitative estimate of drug-likeness (QED) is 0.857. The minimum Gasteiger partial charge on any atom is -0.343 e. The summed E-state index contributed by atoms with van der Waals surface area (Å²) >= 11 is 0. The predicted octanol–water partition coefficient (Wildman–Crippen LogP) is 1.81. The number of nitrogens with two attached hydrogens (primary N) is 1. The van der Waals surface area contributed by atoms with Crippen LogP contribution in [0, 0.1) is 0 Å². The van der Waals surface area contributed by atoms with Gasteiger partial charge in [0.2, 0.25) is 5.91 Å². The molecule has 1 aromatic rings. The van der Waals surface area contributed by atoms with Crippen molar-refractivity contribution in [2.24, 2.45) is 5.73 Å². The standard InChI is InChI=1S/C15H18F3N3O2.ClH/c16-15(17,18)11-5-3-10(4-6-11)14(23)20-8-13(22)21-7-1-2-12(19)9-21;/h3-6,12H,1-2,7-9,19H2,(H,20,23);1H. The number of likely N-dealkylation sites (tertiary alicyclic amines) is 1. The number of rotatable bonds is 3. The Morgan fingerprint density at radius 2 is 1.88 bits per heavy atom. The molecule has 1 unspecified atom stereocenters. The number of hydrogen-bond acceptors (Lipinski definition) is 3. The third-order valence-corrected chi connectivity index (χ3v) is 3.69. The Bertz CT molecular complexity index is 578. The molecule has 1 heterocycles. The van der Waals surface area contributed by atoms with Gasteiger partial charge in [-0.3, -0.25) is 9.59 Å². The summed E-state index contributed by atoms with van der Waals surface area (Å²) in [6, 6.07) is 3.78. The van der Waals surface area contributed by atoms with Crippen LogP contribution in [0.25, 0.3) is 0 Å². The Morgan fingerprint density at radius 3 is 2.42 bits per heavy atom. The van der Waals surface area contributed by atoms with E-state index in [1.54, 1.807) is 4.90 Å². The van der Waals surface area contributed by atoms with Crippen LogP contribution < -0.4 is 11.1 Å². The maximum absolute atomic E-state index is 12.5. The van der Waals surface area contributed by atoms with E-state index in [0.29, 0.717) is 13.1 Å². The summed E-state index contributed by atoms with van der Waals surface area (Å²) in [6.07, 6.45) is -2.76. The van der Waals surface area contributed by atoms with Crippen molar-refractivity contribution in [3.05, 3.63) is 35.4 Å². The normalized spacial score (nSPS) is 17.8. The van der Waals surface area contributed by atoms with Gasteiger partial charge in [0.1, 0.15) is 0 Å². The van der Waals surface area contributed by atoms with Gasteiger partial charge in [0.25, 0.3) is 5.91 Å². The molecule has 0 aromatic heterocycles. The van der Waals surface area contributed by atoms with Crippen molar-refractivity contribution in [2.75, 3.05) is 19.6 Å². The van der Waals surface area contributed by atoms with E-state index < -0.39 is 17.6 Å². The van der Waals surface area contributed by atoms with E-state index in [4.69, 9.17) is 5.73 Å². The van der Waals surface area contributed by atoms with Crippen molar-refractivity contribution < 1.29 is 22.8 Å². The van der Waals surface area contributed by atoms with Gasteiger partial charge in [-0.25, -0.2) is 0 Å². The molecule has 3 N–H and O–H groups in total. The van der Waals surface area contributed by atoms with E-state index in [1.807, 2.05) is 0 Å². The lowest BCUT2D eigenvalue weighted by atomic mass is 10.1. The Hall–Kier alpha value is -1.80. The van der Waals surface area contributed by atoms with Gasteiger partial charge in [-0.15, -0.1) is 12.4 Å². The van der Waals surface area contributed by atoms with Gasteiger partial charge in [-0.05, 0) is 37.1 Å². The van der Waals surface area contributed by atoms with Crippen molar-refractivity contribution in [2.45, 2.75) is 25.1 Å². The first-order valence-corrected chi connectivity index (χ1v) is 7.26. The zero-order chi connectivity index (χ0) is 17.0. The van der Waals surface area contributed by atoms with Crippen LogP contribution in [0.2, 0.25) is 0 Å². The highest BCUT2D eigenvalue weighted by molar-refractivity contribution is 5.96. The third-order valence-electron chi connectivity index (χ3n) is 3.69. The Morgan fingerprint density at radius 1 is 1.25 bits per heavy atom. The van der Waals surface area contributed by atoms with E-state index in [-0.39, 0.29) is 36.5 Å². The van der Waals surface area contributed by atoms with E-state index >= 15 is 0 Å². The lowest BCUT2D eigenvalue weighted by Crippen LogP contribution is -2.48. The summed E-state index contributed by atoms with van der Waals surface area (Å²) in [7, 11) is 0. The molecule has 1 fully saturated rings. The van der Waals surface area contributed by atoms with E-state index in [9.17, 15) is 22.8 Å². The molecule has 5 nitrogen and oxygen atoms in total. The molecule has 2 rings (SSSR count). The topological polar surface area (TPSA) is 75.4 Å². The second kappa shape index (κ2) is 8.34. The largest absolute Gasteiger partial charge is 0.416 e. The van der Waals surface area contributed by atoms with Crippen LogP contribution in [0.3, 0.4) is 0 Å². The summed E-state index contributed by atoms with van der Waals surface area (Å²) in [6.45, 7) is 0.851. The van der Waals surface area contributed by atoms with Gasteiger partial charge in [-0.1, -0.05) is 0 Å². The molecule has 9 heteroatoms. The van der Waals surface area contributed by atoms with Crippen LogP contribution >= 0.6 is 12.4 Å². The SMILES string of the molecule is Cl.NC1CCCN(C(=O)CNC(=O)c2ccc(C(F)(F)F)cc2)C1. The Labute approximate surface area is 143 Å². The highest BCUT2D eigenvalue weighted by atomic mass is 35.5. The van der Waals surface area contributed by atoms with Crippen LogP contribution in [0.1, 0.15) is 28.8 Å². The minimum atomic E-state index is -4.45. The summed E-state index contributed by atoms with van der Waals surface area (Å²) in [4.78, 5) is 25.4. The molecule has 0 bridgehead atoms. The van der Waals surface area contributed by atoms with Crippen LogP contribution in [0.15, 0.2) is 24.3 Å². The van der Waals surface area contributed by atoms with Gasteiger partial charge in [-0.2, -0.15) is 13.2 Å². The van der Waals surface area contributed by atoms with Crippen molar-refractivity contribution in [3.8, 4) is 0 Å². The number of halogens is 4. The van der Waals surface area contributed by atoms with Gasteiger partial charge in [0.05, 0.1) is 12.1 Å². The molecule has 1 aromatic carbocycles. The number of nitrogens with zero attached hydrogens (tertiary/aromatic N) is 1. The van der Waals surface area contributed by atoms with Crippen molar-refractivity contribution in [3.63, 3.8) is 0 Å². The monoisotopic (exact) mass is 365 g/mol. The summed E-state index contributed by atoms with van der Waals surface area (Å²) in [5, 5.41) is 2.42. The van der Waals surface area contributed by atoms with E-state index in [0.717, 1.165) is 37.1 Å². The molecule has 1 saturated heterocycles. The highest BCUT2D eigenvalue weighted by Crippen LogP contribution is 2.29. The van der Waals surface area contributed by atoms with Gasteiger partial charge in [0, 0.05) is 24.7 Å². The first kappa shape index (κ1) is 20.2. The second-order valence-corrected chi connectivity index (χ2v) is 5.50. The molecule has 24 heavy (non-hydrogen) atoms. The Kier molecular flexibility index (Phi) is 7.04. The van der Waals surface area contributed by atoms with Crippen LogP contribution in [-0.4, -0.2) is 42.4 Å². The lowest BCUT2D eigenvalue weighted by Gasteiger charge is -2.30. The molecule has 1 aliphatic heterocycles. The average molecular weight is 366 g/mol. The number of amides is 2. The number of hydrogen-bond donors (Lipinski definition) is 2. The maximum atomic E-state index is 12.5. The van der Waals surface area contributed by atoms with Crippen LogP contribution in [0.5, 0.6) is 0 Å². The molecule has 0 aliphatic carbocycles. The highest BCUT2D eigenvalue weighted by Gasteiger charge is 2.30. The summed E-state index contributed by atoms with van der Waals surface area (Å²) in [5.74, 6) is -0.839. The van der Waals surface area contributed by atoms with Crippen molar-refractivity contribution >= 4 is 24.2 Å². The smallest absolute Gasteiger partial charge is 0.343 e. The number of alkyl halides is 3. The number of carbonyl (C=O) groups excluding carboxylic acids is 2. The third kappa shape index (κ3) is 5.38. The average Bonchev–Trinajstić information content (AvgIpc) is 2.51. The van der Waals surface area contributed by atoms with Crippen molar-refractivity contribution in [1.82, 2.24) is 10.2 Å². The second-order valence-electron chi connectivity index (χ2n) is 5.50. The lowest BCUT2D eigenvalue weighted by molar-refractivity contribution is -0.137. The molecule has 2 amide bonds. The number of piperidine rings is 1. The number of nitrogens with one attached hydrogen (secondary N) is 1. The fraction of sp³-hybridized carbons (Fsp3) is 0.467. The maximum Gasteiger partial charge on any atom is 0.416 e. The molecule has 1 atom stereocenters. The molecule has 134 valence electrons. The zero-order valence-corrected chi connectivity index (χ0v) is 13.6. The molecular weight excluding hydrogens is 347 g/mol. The van der Waals surface area contributed by atoms with Crippen molar-refractivity contribution in [1.29, 1.82) is 0 Å². The molecule has 0 saturated carbocycles. The van der Waals surface area contributed by atoms with Crippen LogP contribution in [0.4, 0.5) is 13.2 Å². The van der Waals surface area contributed by atoms with Gasteiger partial charge < -0.3 is 16.0 Å². The zero-order valence-electron chi connectivity index (χ0n) is 12.8. The van der Waals surface area contributed by atoms with Gasteiger partial charge >= 0.3 is 6.18 Å². The van der Waals surface area contributed by atoms with Gasteiger partial charge in [0.15, 0.2) is 0 Å². The Balaban J connectivity index is 0.00000288. The van der Waals surface area contributed by atoms with E-state index in [2.05, 4.69) is 5.32 Å². The molecule has 0 spiro atoms. The summed E-state index contributed by atoms with van der Waals surface area (Å²) in [5.41, 5.74) is 5.03.